The first-order valence-corrected chi connectivity index (χ1v) is 10.2. The summed E-state index contributed by atoms with van der Waals surface area (Å²) in [5.41, 5.74) is 3.98. The van der Waals surface area contributed by atoms with Gasteiger partial charge in [-0.05, 0) is 51.1 Å². The van der Waals surface area contributed by atoms with Crippen LogP contribution >= 0.6 is 0 Å². The van der Waals surface area contributed by atoms with Crippen molar-refractivity contribution in [1.29, 1.82) is 0 Å². The van der Waals surface area contributed by atoms with Crippen molar-refractivity contribution >= 4 is 11.6 Å². The fraction of sp³-hybridized carbons (Fsp3) is 0.417. The molecular formula is C24H31N3O3. The molecule has 160 valence electrons. The molecular weight excluding hydrogens is 378 g/mol. The van der Waals surface area contributed by atoms with E-state index in [0.717, 1.165) is 28.2 Å². The van der Waals surface area contributed by atoms with Crippen molar-refractivity contribution in [3.63, 3.8) is 0 Å². The van der Waals surface area contributed by atoms with E-state index in [2.05, 4.69) is 32.9 Å². The number of carbonyl (C=O) groups excluding carboxylic acids is 1. The van der Waals surface area contributed by atoms with Crippen LogP contribution in [0.1, 0.15) is 43.0 Å². The monoisotopic (exact) mass is 409 g/mol. The maximum absolute atomic E-state index is 13.2. The van der Waals surface area contributed by atoms with Crippen molar-refractivity contribution in [2.75, 3.05) is 27.8 Å². The molecule has 1 aliphatic heterocycles. The predicted octanol–water partition coefficient (Wildman–Crippen LogP) is 4.03. The summed E-state index contributed by atoms with van der Waals surface area (Å²) in [5, 5.41) is 6.44. The molecule has 1 aliphatic rings. The molecule has 6 nitrogen and oxygen atoms in total. The third-order valence-corrected chi connectivity index (χ3v) is 5.70. The van der Waals surface area contributed by atoms with E-state index >= 15 is 0 Å². The van der Waals surface area contributed by atoms with Gasteiger partial charge in [-0.2, -0.15) is 5.10 Å². The van der Waals surface area contributed by atoms with Crippen LogP contribution in [0, 0.1) is 6.92 Å². The van der Waals surface area contributed by atoms with E-state index in [9.17, 15) is 4.79 Å². The van der Waals surface area contributed by atoms with Crippen LogP contribution in [0.15, 0.2) is 47.6 Å². The summed E-state index contributed by atoms with van der Waals surface area (Å²) in [6.45, 7) is 6.54. The number of hydrogen-bond acceptors (Lipinski definition) is 5. The molecule has 2 aromatic carbocycles. The molecule has 0 aliphatic carbocycles. The highest BCUT2D eigenvalue weighted by atomic mass is 16.5. The molecule has 1 unspecified atom stereocenters. The molecule has 0 saturated heterocycles. The first kappa shape index (κ1) is 21.8. The lowest BCUT2D eigenvalue weighted by atomic mass is 9.95. The van der Waals surface area contributed by atoms with Crippen LogP contribution in [0.2, 0.25) is 0 Å². The number of methoxy groups -OCH3 is 2. The van der Waals surface area contributed by atoms with Crippen LogP contribution in [-0.4, -0.2) is 55.4 Å². The van der Waals surface area contributed by atoms with Crippen molar-refractivity contribution in [3.8, 4) is 11.5 Å². The van der Waals surface area contributed by atoms with E-state index in [-0.39, 0.29) is 18.0 Å². The van der Waals surface area contributed by atoms with Crippen molar-refractivity contribution in [2.45, 2.75) is 39.3 Å². The smallest absolute Gasteiger partial charge is 0.257 e. The lowest BCUT2D eigenvalue weighted by molar-refractivity contribution is -0.134. The minimum atomic E-state index is -0.138. The molecule has 1 heterocycles. The molecule has 3 rings (SSSR count). The van der Waals surface area contributed by atoms with Gasteiger partial charge in [-0.25, -0.2) is 5.01 Å². The van der Waals surface area contributed by atoms with Gasteiger partial charge in [0.05, 0.1) is 32.5 Å². The molecule has 0 aromatic heterocycles. The zero-order valence-electron chi connectivity index (χ0n) is 18.7. The van der Waals surface area contributed by atoms with Crippen molar-refractivity contribution in [2.24, 2.45) is 5.10 Å². The molecule has 0 radical (unpaired) electrons. The fourth-order valence-corrected chi connectivity index (χ4v) is 3.61. The summed E-state index contributed by atoms with van der Waals surface area (Å²) in [5.74, 6) is 1.39. The van der Waals surface area contributed by atoms with Gasteiger partial charge in [0, 0.05) is 24.1 Å². The van der Waals surface area contributed by atoms with Crippen LogP contribution in [0.3, 0.4) is 0 Å². The number of hydrazone groups is 1. The zero-order valence-corrected chi connectivity index (χ0v) is 18.7. The summed E-state index contributed by atoms with van der Waals surface area (Å²) >= 11 is 0. The number of benzene rings is 2. The molecule has 30 heavy (non-hydrogen) atoms. The fourth-order valence-electron chi connectivity index (χ4n) is 3.61. The highest BCUT2D eigenvalue weighted by molar-refractivity contribution is 6.05. The second kappa shape index (κ2) is 9.30. The highest BCUT2D eigenvalue weighted by Gasteiger charge is 2.35. The van der Waals surface area contributed by atoms with Crippen LogP contribution in [0.4, 0.5) is 0 Å². The maximum atomic E-state index is 13.2. The molecule has 2 aromatic rings. The van der Waals surface area contributed by atoms with Crippen LogP contribution in [0.5, 0.6) is 11.5 Å². The Morgan fingerprint density at radius 1 is 1.20 bits per heavy atom. The molecule has 6 heteroatoms. The Hall–Kier alpha value is -2.86. The van der Waals surface area contributed by atoms with Gasteiger partial charge in [0.15, 0.2) is 0 Å². The Bertz CT molecular complexity index is 939. The predicted molar refractivity (Wildman–Crippen MR) is 119 cm³/mol. The van der Waals surface area contributed by atoms with Gasteiger partial charge in [0.1, 0.15) is 11.5 Å². The van der Waals surface area contributed by atoms with Gasteiger partial charge in [-0.15, -0.1) is 0 Å². The molecule has 0 N–H and O–H groups in total. The van der Waals surface area contributed by atoms with Gasteiger partial charge in [-0.1, -0.05) is 24.3 Å². The van der Waals surface area contributed by atoms with Crippen molar-refractivity contribution in [3.05, 3.63) is 59.2 Å². The molecule has 0 spiro atoms. The van der Waals surface area contributed by atoms with E-state index < -0.39 is 0 Å². The topological polar surface area (TPSA) is 54.4 Å². The average molecular weight is 410 g/mol. The Labute approximate surface area is 179 Å². The van der Waals surface area contributed by atoms with Gasteiger partial charge < -0.3 is 9.47 Å². The lowest BCUT2D eigenvalue weighted by Crippen LogP contribution is -2.39. The number of nitrogens with zero attached hydrogens (tertiary/aromatic N) is 3. The summed E-state index contributed by atoms with van der Waals surface area (Å²) in [6.07, 6.45) is 0.630. The van der Waals surface area contributed by atoms with E-state index in [4.69, 9.17) is 14.6 Å². The Morgan fingerprint density at radius 2 is 1.93 bits per heavy atom. The second-order valence-corrected chi connectivity index (χ2v) is 7.94. The quantitative estimate of drug-likeness (QED) is 0.693. The Kier molecular flexibility index (Phi) is 6.77. The summed E-state index contributed by atoms with van der Waals surface area (Å²) in [4.78, 5) is 15.2. The van der Waals surface area contributed by atoms with E-state index in [1.807, 2.05) is 42.3 Å². The zero-order chi connectivity index (χ0) is 21.8. The number of rotatable bonds is 7. The molecule has 0 saturated carbocycles. The highest BCUT2D eigenvalue weighted by Crippen LogP contribution is 2.37. The number of likely N-dealkylation sites (N-methyl/N-ethyl adjacent to an activating group) is 1. The number of aryl methyl sites for hydroxylation is 1. The van der Waals surface area contributed by atoms with Crippen LogP contribution < -0.4 is 9.47 Å². The molecule has 0 fully saturated rings. The maximum Gasteiger partial charge on any atom is 0.257 e. The second-order valence-electron chi connectivity index (χ2n) is 7.94. The minimum absolute atomic E-state index is 0.0121. The van der Waals surface area contributed by atoms with Gasteiger partial charge >= 0.3 is 0 Å². The third-order valence-electron chi connectivity index (χ3n) is 5.70. The molecule has 1 amide bonds. The summed E-state index contributed by atoms with van der Waals surface area (Å²) in [6, 6.07) is 14.0. The Balaban J connectivity index is 2.00. The van der Waals surface area contributed by atoms with Crippen LogP contribution in [-0.2, 0) is 4.79 Å². The lowest BCUT2D eigenvalue weighted by Gasteiger charge is -2.27. The minimum Gasteiger partial charge on any atom is -0.497 e. The third kappa shape index (κ3) is 4.49. The first-order chi connectivity index (χ1) is 14.3. The normalized spacial score (nSPS) is 16.2. The summed E-state index contributed by atoms with van der Waals surface area (Å²) in [7, 11) is 5.22. The van der Waals surface area contributed by atoms with E-state index in [1.165, 1.54) is 0 Å². The van der Waals surface area contributed by atoms with Gasteiger partial charge in [-0.3, -0.25) is 9.69 Å². The van der Waals surface area contributed by atoms with Gasteiger partial charge in [0.25, 0.3) is 5.91 Å². The van der Waals surface area contributed by atoms with E-state index in [1.54, 1.807) is 19.2 Å². The Morgan fingerprint density at radius 3 is 2.57 bits per heavy atom. The largest absolute Gasteiger partial charge is 0.497 e. The van der Waals surface area contributed by atoms with Crippen molar-refractivity contribution < 1.29 is 14.3 Å². The van der Waals surface area contributed by atoms with E-state index in [0.29, 0.717) is 18.7 Å². The SMILES string of the molecule is COc1ccc(C2=NN(C(=O)CN(C)C(C)C)C(c3ccccc3C)C2)c(OC)c1. The van der Waals surface area contributed by atoms with Gasteiger partial charge in [0.2, 0.25) is 0 Å². The number of amides is 1. The molecule has 0 bridgehead atoms. The number of ether oxygens (including phenoxy) is 2. The van der Waals surface area contributed by atoms with Crippen molar-refractivity contribution in [1.82, 2.24) is 9.91 Å². The summed E-state index contributed by atoms with van der Waals surface area (Å²) < 4.78 is 10.9. The standard InChI is InChI=1S/C24H31N3O3/c1-16(2)26(4)15-24(28)27-22(19-10-8-7-9-17(19)3)14-21(25-27)20-12-11-18(29-5)13-23(20)30-6/h7-13,16,22H,14-15H2,1-6H3. The number of hydrogen-bond donors (Lipinski definition) is 0. The van der Waals surface area contributed by atoms with Crippen LogP contribution in [0.25, 0.3) is 0 Å². The number of carbonyl (C=O) groups is 1. The molecule has 1 atom stereocenters. The first-order valence-electron chi connectivity index (χ1n) is 10.2. The average Bonchev–Trinajstić information content (AvgIpc) is 3.18.